The third-order valence-electron chi connectivity index (χ3n) is 10.6. The molecule has 0 saturated heterocycles. The van der Waals surface area contributed by atoms with Gasteiger partial charge in [0, 0.05) is 40.6 Å². The Morgan fingerprint density at radius 1 is 1.04 bits per heavy atom. The van der Waals surface area contributed by atoms with Crippen LogP contribution >= 0.6 is 11.3 Å². The van der Waals surface area contributed by atoms with E-state index in [4.69, 9.17) is 9.47 Å². The van der Waals surface area contributed by atoms with Gasteiger partial charge in [0.25, 0.3) is 0 Å². The quantitative estimate of drug-likeness (QED) is 0.187. The Hall–Kier alpha value is -3.02. The number of nitrogens with zero attached hydrogens (tertiary/aromatic N) is 1. The minimum absolute atomic E-state index is 0.0204. The summed E-state index contributed by atoms with van der Waals surface area (Å²) in [5, 5.41) is 23.7. The Balaban J connectivity index is 1.60. The second-order valence-corrected chi connectivity index (χ2v) is 17.2. The molecule has 10 heteroatoms. The van der Waals surface area contributed by atoms with Crippen LogP contribution in [0, 0.1) is 12.3 Å². The number of ether oxygens (including phenoxy) is 2. The van der Waals surface area contributed by atoms with Crippen LogP contribution in [0.15, 0.2) is 60.2 Å². The summed E-state index contributed by atoms with van der Waals surface area (Å²) in [5.41, 5.74) is 2.02. The Morgan fingerprint density at radius 3 is 2.48 bits per heavy atom. The summed E-state index contributed by atoms with van der Waals surface area (Å²) in [6, 6.07) is 15.0. The number of allylic oxidation sites excluding steroid dienone is 2. The lowest BCUT2D eigenvalue weighted by molar-refractivity contribution is -0.0731. The first kappa shape index (κ1) is 36.3. The zero-order valence-corrected chi connectivity index (χ0v) is 30.5. The van der Waals surface area contributed by atoms with Gasteiger partial charge < -0.3 is 19.7 Å². The molecule has 2 aromatic carbocycles. The number of aliphatic hydroxyl groups is 2. The number of rotatable bonds is 9. The van der Waals surface area contributed by atoms with E-state index < -0.39 is 27.1 Å². The molecule has 3 aliphatic rings. The number of carbonyl (C=O) groups is 1. The lowest BCUT2D eigenvalue weighted by Gasteiger charge is -2.45. The Morgan fingerprint density at radius 2 is 1.81 bits per heavy atom. The molecule has 260 valence electrons. The number of methoxy groups -OCH3 is 2. The largest absolute Gasteiger partial charge is 0.497 e. The average molecular weight is 696 g/mol. The first-order valence-electron chi connectivity index (χ1n) is 16.6. The lowest BCUT2D eigenvalue weighted by Crippen LogP contribution is -2.53. The zero-order valence-electron chi connectivity index (χ0n) is 28.9. The molecule has 8 nitrogen and oxygen atoms in total. The van der Waals surface area contributed by atoms with Gasteiger partial charge in [-0.25, -0.2) is 8.42 Å². The minimum Gasteiger partial charge on any atom is -0.497 e. The molecule has 2 N–H and O–H groups in total. The summed E-state index contributed by atoms with van der Waals surface area (Å²) in [4.78, 5) is 15.9. The van der Waals surface area contributed by atoms with Gasteiger partial charge in [0.15, 0.2) is 0 Å². The average Bonchev–Trinajstić information content (AvgIpc) is 3.59. The van der Waals surface area contributed by atoms with E-state index in [9.17, 15) is 23.4 Å². The summed E-state index contributed by atoms with van der Waals surface area (Å²) in [7, 11) is -0.670. The molecule has 0 radical (unpaired) electrons. The maximum Gasteiger partial charge on any atom is 0.211 e. The van der Waals surface area contributed by atoms with Gasteiger partial charge in [0.05, 0.1) is 37.1 Å². The van der Waals surface area contributed by atoms with E-state index in [1.165, 1.54) is 34.6 Å². The third-order valence-corrected chi connectivity index (χ3v) is 12.8. The second-order valence-electron chi connectivity index (χ2n) is 13.9. The molecule has 4 atom stereocenters. The molecule has 4 unspecified atom stereocenters. The number of fused-ring (bicyclic) bond motifs is 8. The molecule has 1 saturated carbocycles. The highest BCUT2D eigenvalue weighted by Crippen LogP contribution is 2.59. The molecule has 0 aliphatic heterocycles. The highest BCUT2D eigenvalue weighted by Gasteiger charge is 2.58. The van der Waals surface area contributed by atoms with Crippen molar-refractivity contribution >= 4 is 27.1 Å². The first-order chi connectivity index (χ1) is 22.7. The predicted molar refractivity (Wildman–Crippen MR) is 191 cm³/mol. The number of carbonyl (C=O) groups excluding carboxylic acids is 1. The lowest BCUT2D eigenvalue weighted by atomic mass is 9.65. The molecule has 1 heterocycles. The van der Waals surface area contributed by atoms with Crippen molar-refractivity contribution in [1.82, 2.24) is 4.31 Å². The standard InChI is InChI=1S/C38H49NO7S2/c1-25-8-7-18-37(3)33(31-15-11-27(20-29(40)13-9-25)21-32(31)36(41)35-16-10-26(2)47-35)17-19-38(37,42)24-39(48(6,43)44)23-28-12-14-30(45-4)22-34(28)46-5/h8,10-12,14-16,21-22,29,33,40,42H,7,9,13,17-20,23-24H2,1-6H3. The fraction of sp³-hybridized carbons (Fsp3) is 0.500. The van der Waals surface area contributed by atoms with Crippen molar-refractivity contribution in [3.8, 4) is 11.5 Å². The van der Waals surface area contributed by atoms with Crippen molar-refractivity contribution in [1.29, 1.82) is 0 Å². The van der Waals surface area contributed by atoms with Gasteiger partial charge in [-0.15, -0.1) is 11.3 Å². The first-order valence-corrected chi connectivity index (χ1v) is 19.3. The number of aryl methyl sites for hydroxylation is 1. The molecule has 48 heavy (non-hydrogen) atoms. The SMILES string of the molecule is COc1ccc(CN(CC2(O)CCC3c4ccc(cc4C(=O)c4ccc(C)s4)CC(O)CCC(C)=CCCC32C)S(C)(=O)=O)c(OC)c1. The summed E-state index contributed by atoms with van der Waals surface area (Å²) >= 11 is 1.46. The van der Waals surface area contributed by atoms with E-state index in [0.717, 1.165) is 22.4 Å². The van der Waals surface area contributed by atoms with Gasteiger partial charge in [-0.2, -0.15) is 4.31 Å². The van der Waals surface area contributed by atoms with Crippen molar-refractivity contribution in [3.05, 3.63) is 92.2 Å². The zero-order chi connectivity index (χ0) is 34.9. The number of thiophene rings is 1. The third kappa shape index (κ3) is 7.58. The van der Waals surface area contributed by atoms with E-state index in [2.05, 4.69) is 19.9 Å². The summed E-state index contributed by atoms with van der Waals surface area (Å²) in [6.45, 7) is 6.03. The fourth-order valence-corrected chi connectivity index (χ4v) is 9.28. The second kappa shape index (κ2) is 14.5. The normalized spacial score (nSPS) is 25.0. The number of benzene rings is 2. The molecule has 0 spiro atoms. The van der Waals surface area contributed by atoms with E-state index in [1.54, 1.807) is 25.3 Å². The Kier molecular flexibility index (Phi) is 10.9. The van der Waals surface area contributed by atoms with Gasteiger partial charge in [-0.05, 0) is 100 Å². The van der Waals surface area contributed by atoms with Crippen molar-refractivity contribution in [2.24, 2.45) is 5.41 Å². The van der Waals surface area contributed by atoms with Crippen LogP contribution in [0.1, 0.15) is 95.1 Å². The number of sulfonamides is 1. The van der Waals surface area contributed by atoms with E-state index in [-0.39, 0.29) is 24.8 Å². The molecule has 2 bridgehead atoms. The Bertz CT molecular complexity index is 1780. The van der Waals surface area contributed by atoms with Crippen LogP contribution in [0.2, 0.25) is 0 Å². The van der Waals surface area contributed by atoms with Gasteiger partial charge >= 0.3 is 0 Å². The molecular formula is C38H49NO7S2. The van der Waals surface area contributed by atoms with Crippen LogP contribution in [0.3, 0.4) is 0 Å². The molecule has 3 aliphatic carbocycles. The monoisotopic (exact) mass is 695 g/mol. The van der Waals surface area contributed by atoms with Gasteiger partial charge in [-0.1, -0.05) is 36.8 Å². The highest BCUT2D eigenvalue weighted by atomic mass is 32.2. The van der Waals surface area contributed by atoms with Crippen molar-refractivity contribution in [3.63, 3.8) is 0 Å². The molecule has 0 amide bonds. The summed E-state index contributed by atoms with van der Waals surface area (Å²) < 4.78 is 39.0. The van der Waals surface area contributed by atoms with Crippen molar-refractivity contribution < 1.29 is 32.9 Å². The Labute approximate surface area is 289 Å². The van der Waals surface area contributed by atoms with Gasteiger partial charge in [-0.3, -0.25) is 4.79 Å². The van der Waals surface area contributed by atoms with Crippen molar-refractivity contribution in [2.75, 3.05) is 27.0 Å². The number of aliphatic hydroxyl groups excluding tert-OH is 1. The van der Waals surface area contributed by atoms with Gasteiger partial charge in [0.2, 0.25) is 15.8 Å². The van der Waals surface area contributed by atoms with Crippen LogP contribution in [-0.4, -0.2) is 67.4 Å². The van der Waals surface area contributed by atoms with E-state index in [0.29, 0.717) is 66.0 Å². The fourth-order valence-electron chi connectivity index (χ4n) is 7.64. The van der Waals surface area contributed by atoms with E-state index in [1.807, 2.05) is 37.3 Å². The topological polar surface area (TPSA) is 113 Å². The predicted octanol–water partition coefficient (Wildman–Crippen LogP) is 6.81. The summed E-state index contributed by atoms with van der Waals surface area (Å²) in [5.74, 6) is 0.818. The summed E-state index contributed by atoms with van der Waals surface area (Å²) in [6.07, 6.45) is 6.85. The highest BCUT2D eigenvalue weighted by molar-refractivity contribution is 7.88. The van der Waals surface area contributed by atoms with Crippen molar-refractivity contribution in [2.45, 2.75) is 89.9 Å². The molecule has 3 aromatic rings. The molecular weight excluding hydrogens is 647 g/mol. The van der Waals surface area contributed by atoms with Crippen LogP contribution in [0.25, 0.3) is 0 Å². The number of ketones is 1. The van der Waals surface area contributed by atoms with Crippen LogP contribution in [0.4, 0.5) is 0 Å². The van der Waals surface area contributed by atoms with Crippen LogP contribution in [0.5, 0.6) is 11.5 Å². The van der Waals surface area contributed by atoms with Crippen LogP contribution < -0.4 is 9.47 Å². The maximum atomic E-state index is 14.2. The van der Waals surface area contributed by atoms with E-state index >= 15 is 0 Å². The van der Waals surface area contributed by atoms with Gasteiger partial charge in [0.1, 0.15) is 11.5 Å². The number of hydrogen-bond donors (Lipinski definition) is 2. The smallest absolute Gasteiger partial charge is 0.211 e. The number of hydrogen-bond acceptors (Lipinski definition) is 8. The molecule has 1 fully saturated rings. The molecule has 1 aromatic heterocycles. The minimum atomic E-state index is -3.76. The maximum absolute atomic E-state index is 14.2. The molecule has 6 rings (SSSR count). The van der Waals surface area contributed by atoms with Crippen LogP contribution in [-0.2, 0) is 23.0 Å².